The van der Waals surface area contributed by atoms with Crippen LogP contribution >= 0.6 is 0 Å². The number of hydrogen-bond acceptors (Lipinski definition) is 15. The summed E-state index contributed by atoms with van der Waals surface area (Å²) in [6, 6.07) is 0.762. The first-order valence-electron chi connectivity index (χ1n) is 31.4. The van der Waals surface area contributed by atoms with Gasteiger partial charge in [0.25, 0.3) is 0 Å². The molecule has 0 heterocycles. The number of carbonyl (C=O) groups excluding carboxylic acids is 4. The molecule has 3 atom stereocenters. The molecule has 0 aromatic rings. The van der Waals surface area contributed by atoms with Crippen molar-refractivity contribution >= 4 is 41.5 Å². The van der Waals surface area contributed by atoms with Crippen LogP contribution in [-0.2, 0) is 69.4 Å². The molecule has 0 aliphatic carbocycles. The van der Waals surface area contributed by atoms with E-state index in [2.05, 4.69) is 11.7 Å². The van der Waals surface area contributed by atoms with E-state index >= 15 is 0 Å². The molecular formula is C76H167F17O15Si2. The summed E-state index contributed by atoms with van der Waals surface area (Å²) in [7, 11) is -4.53. The highest BCUT2D eigenvalue weighted by Crippen LogP contribution is 2.64. The molecule has 110 heavy (non-hydrogen) atoms. The summed E-state index contributed by atoms with van der Waals surface area (Å²) < 4.78 is 293. The van der Waals surface area contributed by atoms with Gasteiger partial charge in [-0.2, -0.15) is 74.6 Å². The molecule has 34 heteroatoms. The standard InChI is InChI=1S/C32H47F17O7Si.C25H50O7Si.C4H10O.15CH4/c1-11-24(10,22(51)52-14-12-16-57(54-18(2)3,55-19(4)5)56-20(6)7)17-23(8,9)21(50)53-15-13-25(33,34)26(35,36)27(37,38)28(39,40)29(41,42)30(43,44)31(45,46)32(47,48)49;1-13-25(12,17-21(8)22(26)29-24(9,10)11)23(27)28-15-14-16-33(30-18(2)3,31-19(4)5)32-20(6)7;1-3-4-5-2;;;;;;;;;;;;;;;/h18-20H,11-17H2,1-10H3;18-21H,13-17H2,1-12H3;3-4H2,1-2H3;15*1H4. The molecular weight excluding hydrogens is 1530 g/mol. The van der Waals surface area contributed by atoms with Gasteiger partial charge in [-0.1, -0.05) is 139 Å². The SMILES string of the molecule is C.C.C.C.C.C.C.C.C.C.C.C.C.C.C.CCC(C)(CC(C)(C)C(=O)OCCC(F)(F)C(F)(F)C(F)(F)C(F)(F)C(F)(F)C(F)(F)C(F)(F)C(F)(F)F)C(=O)OCCC[Si](OC(C)C)(OC(C)C)OC(C)C.CCC(C)(CC(C)C(=O)OC(C)(C)C)C(=O)OCCC[Si](OC(C)C)(OC(C)C)OC(C)C.CCCOC. The van der Waals surface area contributed by atoms with Crippen LogP contribution in [-0.4, -0.2) is 165 Å². The highest BCUT2D eigenvalue weighted by molar-refractivity contribution is 6.61. The van der Waals surface area contributed by atoms with Crippen LogP contribution in [0.5, 0.6) is 0 Å². The van der Waals surface area contributed by atoms with Crippen LogP contribution < -0.4 is 0 Å². The zero-order valence-corrected chi connectivity index (χ0v) is 61.5. The smallest absolute Gasteiger partial charge is 0.465 e. The molecule has 0 spiro atoms. The molecule has 0 saturated heterocycles. The summed E-state index contributed by atoms with van der Waals surface area (Å²) in [6.45, 7) is 39.2. The van der Waals surface area contributed by atoms with Crippen molar-refractivity contribution in [3.8, 4) is 0 Å². The van der Waals surface area contributed by atoms with Crippen molar-refractivity contribution in [1.82, 2.24) is 0 Å². The molecule has 0 fully saturated rings. The molecule has 0 bridgehead atoms. The monoisotopic (exact) mass is 1700 g/mol. The molecule has 3 unspecified atom stereocenters. The Labute approximate surface area is 662 Å². The topological polar surface area (TPSA) is 170 Å². The van der Waals surface area contributed by atoms with Crippen LogP contribution in [0.2, 0.25) is 12.1 Å². The van der Waals surface area contributed by atoms with E-state index in [0.717, 1.165) is 26.9 Å². The summed E-state index contributed by atoms with van der Waals surface area (Å²) in [4.78, 5) is 51.3. The second kappa shape index (κ2) is 60.4. The number of alkyl halides is 17. The van der Waals surface area contributed by atoms with Gasteiger partial charge in [0.15, 0.2) is 0 Å². The van der Waals surface area contributed by atoms with Crippen molar-refractivity contribution in [1.29, 1.82) is 0 Å². The maximum absolute atomic E-state index is 14.3. The van der Waals surface area contributed by atoms with E-state index in [1.807, 2.05) is 76.2 Å². The lowest BCUT2D eigenvalue weighted by molar-refractivity contribution is -0.461. The number of hydrogen-bond donors (Lipinski definition) is 0. The van der Waals surface area contributed by atoms with Gasteiger partial charge in [-0.15, -0.1) is 0 Å². The highest BCUT2D eigenvalue weighted by atomic mass is 28.4. The molecule has 0 aromatic heterocycles. The van der Waals surface area contributed by atoms with Gasteiger partial charge in [0.2, 0.25) is 0 Å². The molecule has 688 valence electrons. The average molecular weight is 1700 g/mol. The van der Waals surface area contributed by atoms with Crippen molar-refractivity contribution in [2.24, 2.45) is 22.2 Å². The Hall–Kier alpha value is -3.16. The minimum atomic E-state index is -8.75. The Kier molecular flexibility index (Phi) is 83.2. The quantitative estimate of drug-likeness (QED) is 0.0186. The van der Waals surface area contributed by atoms with Crippen LogP contribution in [0.4, 0.5) is 74.6 Å². The van der Waals surface area contributed by atoms with E-state index < -0.39 is 124 Å². The van der Waals surface area contributed by atoms with Crippen molar-refractivity contribution < 1.29 is 144 Å². The predicted octanol–water partition coefficient (Wildman–Crippen LogP) is 27.4. The second-order valence-corrected chi connectivity index (χ2v) is 32.0. The van der Waals surface area contributed by atoms with Gasteiger partial charge in [-0.3, -0.25) is 19.2 Å². The van der Waals surface area contributed by atoms with E-state index in [9.17, 15) is 93.8 Å². The first-order valence-corrected chi connectivity index (χ1v) is 35.3. The van der Waals surface area contributed by atoms with Gasteiger partial charge in [-0.05, 0) is 176 Å². The Balaban J connectivity index is -0.0000000868. The summed E-state index contributed by atoms with van der Waals surface area (Å²) in [5.41, 5.74) is -4.81. The lowest BCUT2D eigenvalue weighted by Crippen LogP contribution is -2.74. The number of methoxy groups -OCH3 is 1. The fourth-order valence-electron chi connectivity index (χ4n) is 8.88. The molecule has 15 nitrogen and oxygen atoms in total. The van der Waals surface area contributed by atoms with E-state index in [-0.39, 0.29) is 192 Å². The molecule has 0 rings (SSSR count). The Morgan fingerprint density at radius 2 is 0.618 bits per heavy atom. The Morgan fingerprint density at radius 1 is 0.355 bits per heavy atom. The number of carbonyl (C=O) groups is 4. The molecule has 0 aromatic carbocycles. The van der Waals surface area contributed by atoms with Crippen molar-refractivity contribution in [3.63, 3.8) is 0 Å². The third-order valence-corrected chi connectivity index (χ3v) is 20.5. The van der Waals surface area contributed by atoms with Crippen molar-refractivity contribution in [3.05, 3.63) is 0 Å². The number of ether oxygens (including phenoxy) is 5. The molecule has 0 amide bonds. The Morgan fingerprint density at radius 3 is 0.855 bits per heavy atom. The summed E-state index contributed by atoms with van der Waals surface area (Å²) in [6.07, 6.45) is -9.58. The van der Waals surface area contributed by atoms with Gasteiger partial charge in [0, 0.05) is 62.4 Å². The maximum Gasteiger partial charge on any atom is 0.501 e. The van der Waals surface area contributed by atoms with Crippen molar-refractivity contribution in [2.45, 2.75) is 424 Å². The summed E-state index contributed by atoms with van der Waals surface area (Å²) in [5.74, 6) is -60.9. The number of halogens is 17. The van der Waals surface area contributed by atoms with Crippen LogP contribution in [0.1, 0.15) is 322 Å². The summed E-state index contributed by atoms with van der Waals surface area (Å²) >= 11 is 0. The third kappa shape index (κ3) is 44.8. The van der Waals surface area contributed by atoms with Crippen LogP contribution in [0.15, 0.2) is 0 Å². The molecule has 0 aliphatic heterocycles. The number of esters is 4. The molecule has 0 aliphatic rings. The fourth-order valence-corrected chi connectivity index (χ4v) is 15.4. The van der Waals surface area contributed by atoms with E-state index in [4.69, 9.17) is 45.5 Å². The van der Waals surface area contributed by atoms with Crippen LogP contribution in [0.25, 0.3) is 0 Å². The minimum Gasteiger partial charge on any atom is -0.465 e. The zero-order valence-electron chi connectivity index (χ0n) is 59.5. The first-order chi connectivity index (χ1) is 42.4. The average Bonchev–Trinajstić information content (AvgIpc) is 0.696. The lowest BCUT2D eigenvalue weighted by Gasteiger charge is -2.42. The molecule has 0 saturated carbocycles. The fraction of sp³-hybridized carbons (Fsp3) is 0.947. The van der Waals surface area contributed by atoms with Crippen LogP contribution in [0, 0.1) is 22.2 Å². The van der Waals surface area contributed by atoms with E-state index in [0.29, 0.717) is 25.3 Å². The highest BCUT2D eigenvalue weighted by Gasteiger charge is 2.95. The summed E-state index contributed by atoms with van der Waals surface area (Å²) in [5, 5.41) is 0. The van der Waals surface area contributed by atoms with E-state index in [1.54, 1.807) is 55.6 Å². The third-order valence-electron chi connectivity index (χ3n) is 13.6. The van der Waals surface area contributed by atoms with Gasteiger partial charge in [0.1, 0.15) is 5.60 Å². The van der Waals surface area contributed by atoms with Gasteiger partial charge in [-0.25, -0.2) is 0 Å². The Bertz CT molecular complexity index is 2240. The van der Waals surface area contributed by atoms with E-state index in [1.165, 1.54) is 13.8 Å². The molecule has 0 radical (unpaired) electrons. The van der Waals surface area contributed by atoms with Gasteiger partial charge in [0.05, 0.1) is 48.4 Å². The lowest BCUT2D eigenvalue weighted by atomic mass is 9.72. The largest absolute Gasteiger partial charge is 0.501 e. The second-order valence-electron chi connectivity index (χ2n) is 26.9. The normalized spacial score (nSPS) is 13.4. The first kappa shape index (κ1) is 152. The molecule has 0 N–H and O–H groups in total. The minimum absolute atomic E-state index is 0. The maximum atomic E-state index is 14.3. The van der Waals surface area contributed by atoms with Gasteiger partial charge < -0.3 is 50.2 Å². The predicted molar refractivity (Wildman–Crippen MR) is 424 cm³/mol. The van der Waals surface area contributed by atoms with Crippen molar-refractivity contribution in [2.75, 3.05) is 33.5 Å². The van der Waals surface area contributed by atoms with Gasteiger partial charge >= 0.3 is 89.1 Å². The number of rotatable bonds is 41. The zero-order chi connectivity index (χ0) is 76.0. The van der Waals surface area contributed by atoms with Crippen LogP contribution in [0.3, 0.4) is 0 Å².